The summed E-state index contributed by atoms with van der Waals surface area (Å²) in [5.41, 5.74) is 3.31. The number of esters is 1. The summed E-state index contributed by atoms with van der Waals surface area (Å²) in [6, 6.07) is 7.55. The number of aromatic amines is 1. The fraction of sp³-hybridized carbons (Fsp3) is 0.412. The van der Waals surface area contributed by atoms with Crippen molar-refractivity contribution < 1.29 is 14.3 Å². The first-order chi connectivity index (χ1) is 10.7. The molecule has 1 N–H and O–H groups in total. The maximum absolute atomic E-state index is 12.4. The summed E-state index contributed by atoms with van der Waals surface area (Å²) in [6.45, 7) is 0. The second kappa shape index (κ2) is 4.87. The van der Waals surface area contributed by atoms with Gasteiger partial charge < -0.3 is 14.6 Å². The van der Waals surface area contributed by atoms with Gasteiger partial charge in [0, 0.05) is 29.4 Å². The van der Waals surface area contributed by atoms with Crippen molar-refractivity contribution >= 4 is 22.8 Å². The summed E-state index contributed by atoms with van der Waals surface area (Å²) in [7, 11) is 1.39. The third-order valence-electron chi connectivity index (χ3n) is 4.88. The smallest absolute Gasteiger partial charge is 0.328 e. The van der Waals surface area contributed by atoms with Crippen molar-refractivity contribution in [2.75, 3.05) is 7.11 Å². The number of amides is 1. The quantitative estimate of drug-likeness (QED) is 0.822. The van der Waals surface area contributed by atoms with E-state index in [2.05, 4.69) is 11.1 Å². The molecule has 2 aliphatic heterocycles. The number of hydrogen-bond donors (Lipinski definition) is 1. The molecule has 1 aromatic carbocycles. The molecule has 4 rings (SSSR count). The van der Waals surface area contributed by atoms with Gasteiger partial charge in [0.05, 0.1) is 13.2 Å². The van der Waals surface area contributed by atoms with Gasteiger partial charge >= 0.3 is 5.97 Å². The van der Waals surface area contributed by atoms with Crippen LogP contribution in [0.25, 0.3) is 10.9 Å². The van der Waals surface area contributed by atoms with Gasteiger partial charge in [-0.2, -0.15) is 0 Å². The van der Waals surface area contributed by atoms with Crippen molar-refractivity contribution in [1.82, 2.24) is 9.88 Å². The zero-order valence-corrected chi connectivity index (χ0v) is 12.5. The van der Waals surface area contributed by atoms with Crippen LogP contribution in [0.15, 0.2) is 24.3 Å². The van der Waals surface area contributed by atoms with E-state index >= 15 is 0 Å². The Balaban J connectivity index is 1.90. The van der Waals surface area contributed by atoms with Crippen LogP contribution in [0.5, 0.6) is 0 Å². The van der Waals surface area contributed by atoms with Gasteiger partial charge in [0.25, 0.3) is 0 Å². The summed E-state index contributed by atoms with van der Waals surface area (Å²) in [4.78, 5) is 29.8. The first-order valence-electron chi connectivity index (χ1n) is 7.69. The third-order valence-corrected chi connectivity index (χ3v) is 4.88. The molecular weight excluding hydrogens is 280 g/mol. The fourth-order valence-electron chi connectivity index (χ4n) is 3.91. The second-order valence-electron chi connectivity index (χ2n) is 6.01. The lowest BCUT2D eigenvalue weighted by molar-refractivity contribution is -0.158. The van der Waals surface area contributed by atoms with Gasteiger partial charge in [-0.3, -0.25) is 4.79 Å². The molecule has 114 valence electrons. The van der Waals surface area contributed by atoms with Crippen molar-refractivity contribution in [3.63, 3.8) is 0 Å². The summed E-state index contributed by atoms with van der Waals surface area (Å²) >= 11 is 0. The molecule has 5 nitrogen and oxygen atoms in total. The number of carbonyl (C=O) groups is 2. The van der Waals surface area contributed by atoms with E-state index < -0.39 is 6.04 Å². The van der Waals surface area contributed by atoms with E-state index in [1.807, 2.05) is 18.2 Å². The van der Waals surface area contributed by atoms with Crippen molar-refractivity contribution in [2.24, 2.45) is 0 Å². The molecular formula is C17H18N2O3. The number of aromatic nitrogens is 1. The van der Waals surface area contributed by atoms with Gasteiger partial charge in [-0.25, -0.2) is 4.79 Å². The molecule has 1 saturated heterocycles. The zero-order chi connectivity index (χ0) is 15.3. The Labute approximate surface area is 128 Å². The van der Waals surface area contributed by atoms with Gasteiger partial charge in [-0.15, -0.1) is 0 Å². The number of nitrogens with one attached hydrogen (secondary N) is 1. The average molecular weight is 298 g/mol. The van der Waals surface area contributed by atoms with Crippen molar-refractivity contribution in [2.45, 2.75) is 37.8 Å². The Bertz CT molecular complexity index is 764. The lowest BCUT2D eigenvalue weighted by Crippen LogP contribution is -2.53. The third kappa shape index (κ3) is 1.78. The van der Waals surface area contributed by atoms with E-state index in [-0.39, 0.29) is 17.9 Å². The van der Waals surface area contributed by atoms with Crippen LogP contribution in [0.3, 0.4) is 0 Å². The van der Waals surface area contributed by atoms with E-state index in [9.17, 15) is 9.59 Å². The zero-order valence-electron chi connectivity index (χ0n) is 12.5. The topological polar surface area (TPSA) is 62.4 Å². The number of nitrogens with zero attached hydrogens (tertiary/aromatic N) is 1. The number of ether oxygens (including phenoxy) is 1. The van der Waals surface area contributed by atoms with Crippen LogP contribution in [-0.4, -0.2) is 34.9 Å². The molecule has 0 unspecified atom stereocenters. The van der Waals surface area contributed by atoms with Crippen LogP contribution in [0.1, 0.15) is 36.6 Å². The average Bonchev–Trinajstić information content (AvgIpc) is 2.92. The van der Waals surface area contributed by atoms with Crippen molar-refractivity contribution in [3.8, 4) is 0 Å². The number of H-pyrrole nitrogens is 1. The number of piperidine rings is 1. The van der Waals surface area contributed by atoms with Gasteiger partial charge in [0.15, 0.2) is 0 Å². The molecule has 3 heterocycles. The molecule has 0 saturated carbocycles. The maximum atomic E-state index is 12.4. The second-order valence-corrected chi connectivity index (χ2v) is 6.01. The predicted molar refractivity (Wildman–Crippen MR) is 81.2 cm³/mol. The first kappa shape index (κ1) is 13.4. The van der Waals surface area contributed by atoms with Gasteiger partial charge in [-0.1, -0.05) is 18.2 Å². The SMILES string of the molecule is COC(=O)[C@@H]1Cc2c([nH]c3ccccc23)[C@@H]2CCCC(=O)N12. The minimum Gasteiger partial charge on any atom is -0.467 e. The van der Waals surface area contributed by atoms with Crippen LogP contribution < -0.4 is 0 Å². The summed E-state index contributed by atoms with van der Waals surface area (Å²) in [5, 5.41) is 1.14. The van der Waals surface area contributed by atoms with E-state index in [0.29, 0.717) is 12.8 Å². The molecule has 0 radical (unpaired) electrons. The molecule has 22 heavy (non-hydrogen) atoms. The molecule has 5 heteroatoms. The standard InChI is InChI=1S/C17H18N2O3/c1-22-17(21)14-9-11-10-5-2-3-6-12(10)18-16(11)13-7-4-8-15(20)19(13)14/h2-3,5-6,13-14,18H,4,7-9H2,1H3/t13-,14-/m0/s1. The monoisotopic (exact) mass is 298 g/mol. The normalized spacial score (nSPS) is 24.0. The van der Waals surface area contributed by atoms with E-state index in [1.54, 1.807) is 4.90 Å². The number of hydrogen-bond acceptors (Lipinski definition) is 3. The Kier molecular flexibility index (Phi) is 2.96. The highest BCUT2D eigenvalue weighted by molar-refractivity contribution is 5.90. The Hall–Kier alpha value is -2.30. The highest BCUT2D eigenvalue weighted by atomic mass is 16.5. The van der Waals surface area contributed by atoms with E-state index in [0.717, 1.165) is 35.0 Å². The number of para-hydroxylation sites is 1. The molecule has 2 aliphatic rings. The van der Waals surface area contributed by atoms with Crippen molar-refractivity contribution in [1.29, 1.82) is 0 Å². The molecule has 0 bridgehead atoms. The van der Waals surface area contributed by atoms with E-state index in [1.165, 1.54) is 7.11 Å². The van der Waals surface area contributed by atoms with Crippen LogP contribution in [-0.2, 0) is 20.7 Å². The van der Waals surface area contributed by atoms with Crippen LogP contribution in [0.4, 0.5) is 0 Å². The van der Waals surface area contributed by atoms with Crippen LogP contribution in [0.2, 0.25) is 0 Å². The number of rotatable bonds is 1. The minimum atomic E-state index is -0.505. The number of fused-ring (bicyclic) bond motifs is 5. The molecule has 2 aromatic rings. The van der Waals surface area contributed by atoms with Gasteiger partial charge in [-0.05, 0) is 24.5 Å². The Morgan fingerprint density at radius 1 is 1.36 bits per heavy atom. The van der Waals surface area contributed by atoms with Gasteiger partial charge in [0.2, 0.25) is 5.91 Å². The number of methoxy groups -OCH3 is 1. The summed E-state index contributed by atoms with van der Waals surface area (Å²) in [5.74, 6) is -0.271. The minimum absolute atomic E-state index is 0.0403. The predicted octanol–water partition coefficient (Wildman–Crippen LogP) is 2.32. The maximum Gasteiger partial charge on any atom is 0.328 e. The van der Waals surface area contributed by atoms with E-state index in [4.69, 9.17) is 4.74 Å². The number of carbonyl (C=O) groups excluding carboxylic acids is 2. The lowest BCUT2D eigenvalue weighted by Gasteiger charge is -2.43. The number of benzene rings is 1. The molecule has 1 aromatic heterocycles. The van der Waals surface area contributed by atoms with Gasteiger partial charge in [0.1, 0.15) is 6.04 Å². The summed E-state index contributed by atoms with van der Waals surface area (Å²) < 4.78 is 4.95. The van der Waals surface area contributed by atoms with Crippen LogP contribution in [0, 0.1) is 0 Å². The first-order valence-corrected chi connectivity index (χ1v) is 7.69. The molecule has 1 fully saturated rings. The molecule has 1 amide bonds. The lowest BCUT2D eigenvalue weighted by atomic mass is 9.86. The highest BCUT2D eigenvalue weighted by Gasteiger charge is 2.44. The van der Waals surface area contributed by atoms with Crippen molar-refractivity contribution in [3.05, 3.63) is 35.5 Å². The summed E-state index contributed by atoms with van der Waals surface area (Å²) in [6.07, 6.45) is 2.79. The molecule has 2 atom stereocenters. The van der Waals surface area contributed by atoms with Crippen LogP contribution >= 0.6 is 0 Å². The Morgan fingerprint density at radius 2 is 2.18 bits per heavy atom. The molecule has 0 aliphatic carbocycles. The molecule has 0 spiro atoms. The fourth-order valence-corrected chi connectivity index (χ4v) is 3.91. The highest BCUT2D eigenvalue weighted by Crippen LogP contribution is 2.42. The Morgan fingerprint density at radius 3 is 3.00 bits per heavy atom. The largest absolute Gasteiger partial charge is 0.467 e.